The number of hydrogen-bond acceptors (Lipinski definition) is 8. The van der Waals surface area contributed by atoms with Crippen molar-refractivity contribution in [1.82, 2.24) is 30.1 Å². The average molecular weight is 519 g/mol. The summed E-state index contributed by atoms with van der Waals surface area (Å²) < 4.78 is 0. The third kappa shape index (κ3) is 4.18. The van der Waals surface area contributed by atoms with Crippen LogP contribution in [0.1, 0.15) is 54.6 Å². The van der Waals surface area contributed by atoms with Gasteiger partial charge in [0.05, 0.1) is 11.9 Å². The van der Waals surface area contributed by atoms with E-state index in [0.717, 1.165) is 44.2 Å². The van der Waals surface area contributed by atoms with Crippen molar-refractivity contribution >= 4 is 35.2 Å². The Bertz CT molecular complexity index is 1260. The molecular weight excluding hydrogens is 484 g/mol. The monoisotopic (exact) mass is 518 g/mol. The molecule has 0 radical (unpaired) electrons. The predicted molar refractivity (Wildman–Crippen MR) is 141 cm³/mol. The van der Waals surface area contributed by atoms with Crippen molar-refractivity contribution < 1.29 is 14.4 Å². The molecule has 3 amide bonds. The van der Waals surface area contributed by atoms with E-state index < -0.39 is 5.41 Å². The molecule has 2 aromatic rings. The summed E-state index contributed by atoms with van der Waals surface area (Å²) in [6.07, 6.45) is 9.03. The van der Waals surface area contributed by atoms with Crippen molar-refractivity contribution in [2.75, 3.05) is 43.9 Å². The number of nitrogens with one attached hydrogen (secondary N) is 2. The van der Waals surface area contributed by atoms with Gasteiger partial charge in [-0.15, -0.1) is 0 Å². The summed E-state index contributed by atoms with van der Waals surface area (Å²) in [5.74, 6) is 0.542. The van der Waals surface area contributed by atoms with Gasteiger partial charge in [0.2, 0.25) is 17.8 Å². The van der Waals surface area contributed by atoms with Gasteiger partial charge >= 0.3 is 0 Å². The number of fused-ring (bicyclic) bond motifs is 1. The first-order chi connectivity index (χ1) is 18.4. The molecule has 0 aromatic carbocycles. The van der Waals surface area contributed by atoms with Crippen molar-refractivity contribution in [1.29, 1.82) is 0 Å². The Morgan fingerprint density at radius 3 is 2.61 bits per heavy atom. The molecule has 3 fully saturated rings. The number of amides is 3. The van der Waals surface area contributed by atoms with Crippen LogP contribution in [0.3, 0.4) is 0 Å². The lowest BCUT2D eigenvalue weighted by molar-refractivity contribution is -0.140. The van der Waals surface area contributed by atoms with Crippen LogP contribution in [-0.4, -0.2) is 88.3 Å². The molecule has 2 saturated heterocycles. The fourth-order valence-electron chi connectivity index (χ4n) is 6.30. The molecule has 0 bridgehead atoms. The van der Waals surface area contributed by atoms with Crippen molar-refractivity contribution in [2.24, 2.45) is 5.41 Å². The highest BCUT2D eigenvalue weighted by Crippen LogP contribution is 2.44. The molecule has 6 rings (SSSR count). The standard InChI is InChI=1S/C27H34N8O3/c1-33(2)20-9-12-34(16-20)23(36)21-8-7-18(15-29-21)31-26-30-14-17-13-27(10-11-28-24(27)37)25(38)35(22(17)32-26)19-5-3-4-6-19/h7-8,14-15,19-20H,3-6,9-13,16H2,1-2H3,(H,28,37)(H,30,31,32)/t20-,27?/m0/s1. The summed E-state index contributed by atoms with van der Waals surface area (Å²) in [6, 6.07) is 3.91. The van der Waals surface area contributed by atoms with Crippen molar-refractivity contribution in [2.45, 2.75) is 57.0 Å². The van der Waals surface area contributed by atoms with Crippen LogP contribution in [0.15, 0.2) is 24.5 Å². The van der Waals surface area contributed by atoms with E-state index in [1.807, 2.05) is 19.0 Å². The lowest BCUT2D eigenvalue weighted by Gasteiger charge is -2.40. The van der Waals surface area contributed by atoms with Gasteiger partial charge in [0.1, 0.15) is 16.9 Å². The maximum atomic E-state index is 13.8. The maximum absolute atomic E-state index is 13.8. The molecule has 2 N–H and O–H groups in total. The number of likely N-dealkylation sites (tertiary alicyclic amines) is 1. The number of hydrogen-bond donors (Lipinski definition) is 2. The number of nitrogens with zero attached hydrogens (tertiary/aromatic N) is 6. The van der Waals surface area contributed by atoms with Crippen LogP contribution < -0.4 is 15.5 Å². The molecule has 11 nitrogen and oxygen atoms in total. The molecule has 1 unspecified atom stereocenters. The highest BCUT2D eigenvalue weighted by Gasteiger charge is 2.56. The normalized spacial score (nSPS) is 25.4. The molecule has 1 saturated carbocycles. The number of anilines is 3. The Morgan fingerprint density at radius 1 is 1.13 bits per heavy atom. The maximum Gasteiger partial charge on any atom is 0.272 e. The summed E-state index contributed by atoms with van der Waals surface area (Å²) in [6.45, 7) is 1.94. The van der Waals surface area contributed by atoms with Gasteiger partial charge in [0.25, 0.3) is 5.91 Å². The van der Waals surface area contributed by atoms with E-state index in [1.54, 1.807) is 29.4 Å². The SMILES string of the molecule is CN(C)[C@H]1CCN(C(=O)c2ccc(Nc3ncc4c(n3)N(C3CCCC3)C(=O)C3(CCNC3=O)C4)cn2)C1. The highest BCUT2D eigenvalue weighted by atomic mass is 16.2. The zero-order chi connectivity index (χ0) is 26.4. The Labute approximate surface area is 222 Å². The molecule has 5 heterocycles. The van der Waals surface area contributed by atoms with E-state index in [2.05, 4.69) is 25.5 Å². The van der Waals surface area contributed by atoms with Gasteiger partial charge < -0.3 is 20.4 Å². The Morgan fingerprint density at radius 2 is 1.95 bits per heavy atom. The second-order valence-electron chi connectivity index (χ2n) is 11.1. The number of carbonyl (C=O) groups is 3. The van der Waals surface area contributed by atoms with E-state index in [4.69, 9.17) is 4.98 Å². The fourth-order valence-corrected chi connectivity index (χ4v) is 6.30. The Balaban J connectivity index is 1.22. The van der Waals surface area contributed by atoms with E-state index in [1.165, 1.54) is 0 Å². The van der Waals surface area contributed by atoms with Gasteiger partial charge in [-0.3, -0.25) is 19.3 Å². The van der Waals surface area contributed by atoms with Gasteiger partial charge in [-0.1, -0.05) is 12.8 Å². The average Bonchev–Trinajstić information content (AvgIpc) is 3.68. The van der Waals surface area contributed by atoms with Gasteiger partial charge in [0, 0.05) is 49.9 Å². The van der Waals surface area contributed by atoms with Crippen molar-refractivity contribution in [3.05, 3.63) is 35.8 Å². The molecule has 2 atom stereocenters. The minimum atomic E-state index is -1.05. The predicted octanol–water partition coefficient (Wildman–Crippen LogP) is 1.73. The largest absolute Gasteiger partial charge is 0.355 e. The number of rotatable bonds is 5. The quantitative estimate of drug-likeness (QED) is 0.574. The first-order valence-electron chi connectivity index (χ1n) is 13.5. The van der Waals surface area contributed by atoms with Crippen LogP contribution in [0.5, 0.6) is 0 Å². The van der Waals surface area contributed by atoms with E-state index >= 15 is 0 Å². The molecular formula is C27H34N8O3. The van der Waals surface area contributed by atoms with Crippen LogP contribution in [0.4, 0.5) is 17.5 Å². The molecule has 38 heavy (non-hydrogen) atoms. The third-order valence-electron chi connectivity index (χ3n) is 8.57. The van der Waals surface area contributed by atoms with Gasteiger partial charge in [-0.05, 0) is 51.9 Å². The van der Waals surface area contributed by atoms with Crippen LogP contribution in [0.2, 0.25) is 0 Å². The Hall–Kier alpha value is -3.60. The van der Waals surface area contributed by atoms with Gasteiger partial charge in [-0.25, -0.2) is 9.97 Å². The molecule has 1 spiro atoms. The van der Waals surface area contributed by atoms with Crippen LogP contribution in [-0.2, 0) is 16.0 Å². The van der Waals surface area contributed by atoms with Gasteiger partial charge in [0.15, 0.2) is 0 Å². The lowest BCUT2D eigenvalue weighted by Crippen LogP contribution is -2.56. The molecule has 2 aromatic heterocycles. The van der Waals surface area contributed by atoms with Crippen LogP contribution in [0, 0.1) is 5.41 Å². The number of pyridine rings is 1. The minimum Gasteiger partial charge on any atom is -0.355 e. The number of carbonyl (C=O) groups excluding carboxylic acids is 3. The van der Waals surface area contributed by atoms with E-state index in [9.17, 15) is 14.4 Å². The Kier molecular flexibility index (Phi) is 6.25. The third-order valence-corrected chi connectivity index (χ3v) is 8.57. The second kappa shape index (κ2) is 9.61. The van der Waals surface area contributed by atoms with Gasteiger partial charge in [-0.2, -0.15) is 4.98 Å². The topological polar surface area (TPSA) is 124 Å². The zero-order valence-electron chi connectivity index (χ0n) is 21.9. The lowest BCUT2D eigenvalue weighted by atomic mass is 9.76. The molecule has 4 aliphatic rings. The van der Waals surface area contributed by atoms with Crippen LogP contribution >= 0.6 is 0 Å². The van der Waals surface area contributed by atoms with Crippen molar-refractivity contribution in [3.63, 3.8) is 0 Å². The summed E-state index contributed by atoms with van der Waals surface area (Å²) >= 11 is 0. The zero-order valence-corrected chi connectivity index (χ0v) is 21.9. The minimum absolute atomic E-state index is 0.0409. The van der Waals surface area contributed by atoms with E-state index in [0.29, 0.717) is 55.1 Å². The fraction of sp³-hybridized carbons (Fsp3) is 0.556. The summed E-state index contributed by atoms with van der Waals surface area (Å²) in [4.78, 5) is 58.9. The molecule has 1 aliphatic carbocycles. The van der Waals surface area contributed by atoms with E-state index in [-0.39, 0.29) is 23.8 Å². The molecule has 11 heteroatoms. The number of aromatic nitrogens is 3. The first kappa shape index (κ1) is 24.7. The molecule has 3 aliphatic heterocycles. The first-order valence-corrected chi connectivity index (χ1v) is 13.5. The van der Waals surface area contributed by atoms with Crippen molar-refractivity contribution in [3.8, 4) is 0 Å². The highest BCUT2D eigenvalue weighted by molar-refractivity contribution is 6.14. The summed E-state index contributed by atoms with van der Waals surface area (Å²) in [5, 5.41) is 6.03. The smallest absolute Gasteiger partial charge is 0.272 e. The summed E-state index contributed by atoms with van der Waals surface area (Å²) in [5.41, 5.74) is 0.816. The second-order valence-corrected chi connectivity index (χ2v) is 11.1. The summed E-state index contributed by atoms with van der Waals surface area (Å²) in [7, 11) is 4.07. The molecule has 200 valence electrons. The van der Waals surface area contributed by atoms with Crippen LogP contribution in [0.25, 0.3) is 0 Å². The number of likely N-dealkylation sites (N-methyl/N-ethyl adjacent to an activating group) is 1.